The van der Waals surface area contributed by atoms with E-state index in [0.29, 0.717) is 22.7 Å². The lowest BCUT2D eigenvalue weighted by Gasteiger charge is -2.49. The molecule has 33 heavy (non-hydrogen) atoms. The lowest BCUT2D eigenvalue weighted by molar-refractivity contribution is -0.129. The molecule has 1 atom stereocenters. The second-order valence-electron chi connectivity index (χ2n) is 8.12. The number of ether oxygens (including phenoxy) is 1. The topological polar surface area (TPSA) is 79.0 Å². The van der Waals surface area contributed by atoms with E-state index < -0.39 is 11.6 Å². The van der Waals surface area contributed by atoms with Gasteiger partial charge in [0, 0.05) is 25.1 Å². The molecule has 0 radical (unpaired) electrons. The molecule has 3 amide bonds. The molecule has 1 saturated heterocycles. The molecule has 0 unspecified atom stereocenters. The van der Waals surface area contributed by atoms with Gasteiger partial charge in [-0.15, -0.1) is 0 Å². The highest BCUT2D eigenvalue weighted by molar-refractivity contribution is 6.18. The van der Waals surface area contributed by atoms with E-state index in [9.17, 15) is 14.4 Å². The number of amides is 3. The molecule has 1 N–H and O–H groups in total. The molecule has 5 rings (SSSR count). The van der Waals surface area contributed by atoms with Crippen molar-refractivity contribution in [3.05, 3.63) is 90.0 Å². The maximum atomic E-state index is 13.9. The van der Waals surface area contributed by atoms with Crippen LogP contribution < -0.4 is 15.0 Å². The Balaban J connectivity index is 1.61. The molecule has 1 fully saturated rings. The minimum Gasteiger partial charge on any atom is -0.497 e. The molecule has 0 saturated carbocycles. The number of carbonyl (C=O) groups is 3. The first-order chi connectivity index (χ1) is 16.0. The number of nitrogens with zero attached hydrogens (tertiary/aromatic N) is 2. The summed E-state index contributed by atoms with van der Waals surface area (Å²) in [6.45, 7) is 0.202. The van der Waals surface area contributed by atoms with Crippen LogP contribution >= 0.6 is 0 Å². The Hall–Kier alpha value is -4.13. The van der Waals surface area contributed by atoms with Gasteiger partial charge in [0.15, 0.2) is 0 Å². The number of nitrogens with one attached hydrogen (secondary N) is 1. The normalized spacial score (nSPS) is 19.2. The van der Waals surface area contributed by atoms with Gasteiger partial charge in [-0.2, -0.15) is 0 Å². The van der Waals surface area contributed by atoms with Crippen LogP contribution in [0.5, 0.6) is 5.75 Å². The maximum Gasteiger partial charge on any atom is 0.271 e. The summed E-state index contributed by atoms with van der Waals surface area (Å²) in [4.78, 5) is 43.8. The van der Waals surface area contributed by atoms with Gasteiger partial charge in [0.25, 0.3) is 11.8 Å². The third-order valence-corrected chi connectivity index (χ3v) is 6.27. The van der Waals surface area contributed by atoms with Crippen molar-refractivity contribution in [2.24, 2.45) is 0 Å². The Morgan fingerprint density at radius 1 is 0.970 bits per heavy atom. The average Bonchev–Trinajstić information content (AvgIpc) is 3.21. The predicted molar refractivity (Wildman–Crippen MR) is 124 cm³/mol. The molecule has 0 spiro atoms. The van der Waals surface area contributed by atoms with Gasteiger partial charge in [-0.3, -0.25) is 19.3 Å². The molecule has 0 aliphatic carbocycles. The van der Waals surface area contributed by atoms with E-state index in [1.807, 2.05) is 30.3 Å². The molecular formula is C26H23N3O4. The third-order valence-electron chi connectivity index (χ3n) is 6.27. The Morgan fingerprint density at radius 2 is 1.67 bits per heavy atom. The van der Waals surface area contributed by atoms with Gasteiger partial charge in [0.05, 0.1) is 18.4 Å². The molecule has 3 aromatic carbocycles. The highest BCUT2D eigenvalue weighted by Crippen LogP contribution is 2.45. The molecule has 2 aliphatic rings. The fourth-order valence-electron chi connectivity index (χ4n) is 4.68. The van der Waals surface area contributed by atoms with Crippen molar-refractivity contribution in [1.29, 1.82) is 0 Å². The number of fused-ring (bicyclic) bond motifs is 3. The van der Waals surface area contributed by atoms with Crippen LogP contribution in [0.25, 0.3) is 0 Å². The molecule has 166 valence electrons. The van der Waals surface area contributed by atoms with Gasteiger partial charge in [0.1, 0.15) is 5.75 Å². The van der Waals surface area contributed by atoms with Crippen LogP contribution in [-0.2, 0) is 16.1 Å². The molecule has 3 aromatic rings. The molecule has 0 aromatic heterocycles. The van der Waals surface area contributed by atoms with E-state index in [1.54, 1.807) is 55.6 Å². The summed E-state index contributed by atoms with van der Waals surface area (Å²) in [5, 5.41) is 2.93. The van der Waals surface area contributed by atoms with Gasteiger partial charge in [-0.1, -0.05) is 42.5 Å². The number of hydrogen-bond acceptors (Lipinski definition) is 4. The first kappa shape index (κ1) is 20.8. The van der Waals surface area contributed by atoms with Crippen LogP contribution in [0.4, 0.5) is 11.4 Å². The fourth-order valence-corrected chi connectivity index (χ4v) is 4.68. The summed E-state index contributed by atoms with van der Waals surface area (Å²) in [5.41, 5.74) is 0.857. The van der Waals surface area contributed by atoms with Crippen molar-refractivity contribution < 1.29 is 19.1 Å². The summed E-state index contributed by atoms with van der Waals surface area (Å²) in [6, 6.07) is 23.4. The van der Waals surface area contributed by atoms with Crippen molar-refractivity contribution >= 4 is 29.1 Å². The zero-order valence-corrected chi connectivity index (χ0v) is 18.2. The predicted octanol–water partition coefficient (Wildman–Crippen LogP) is 3.81. The third kappa shape index (κ3) is 3.33. The average molecular weight is 441 g/mol. The second-order valence-corrected chi connectivity index (χ2v) is 8.12. The molecule has 2 heterocycles. The summed E-state index contributed by atoms with van der Waals surface area (Å²) in [5.74, 6) is -0.211. The smallest absolute Gasteiger partial charge is 0.271 e. The van der Waals surface area contributed by atoms with Crippen molar-refractivity contribution in [2.45, 2.75) is 25.0 Å². The number of methoxy groups -OCH3 is 1. The summed E-state index contributed by atoms with van der Waals surface area (Å²) in [7, 11) is 1.57. The summed E-state index contributed by atoms with van der Waals surface area (Å²) < 4.78 is 5.19. The summed E-state index contributed by atoms with van der Waals surface area (Å²) >= 11 is 0. The zero-order chi connectivity index (χ0) is 23.0. The number of benzene rings is 3. The van der Waals surface area contributed by atoms with E-state index in [0.717, 1.165) is 5.56 Å². The molecule has 0 bridgehead atoms. The van der Waals surface area contributed by atoms with Crippen molar-refractivity contribution in [3.63, 3.8) is 0 Å². The first-order valence-electron chi connectivity index (χ1n) is 10.8. The van der Waals surface area contributed by atoms with Crippen LogP contribution in [0.3, 0.4) is 0 Å². The lowest BCUT2D eigenvalue weighted by atomic mass is 9.94. The van der Waals surface area contributed by atoms with Gasteiger partial charge in [-0.05, 0) is 42.0 Å². The van der Waals surface area contributed by atoms with Crippen LogP contribution in [0.2, 0.25) is 0 Å². The molecule has 2 aliphatic heterocycles. The van der Waals surface area contributed by atoms with E-state index in [-0.39, 0.29) is 31.2 Å². The Morgan fingerprint density at radius 3 is 2.39 bits per heavy atom. The zero-order valence-electron chi connectivity index (χ0n) is 18.2. The fraction of sp³-hybridized carbons (Fsp3) is 0.192. The van der Waals surface area contributed by atoms with Crippen molar-refractivity contribution in [2.75, 3.05) is 17.3 Å². The lowest BCUT2D eigenvalue weighted by Crippen LogP contribution is -2.69. The Labute approximate surface area is 191 Å². The van der Waals surface area contributed by atoms with Crippen LogP contribution in [0.1, 0.15) is 28.8 Å². The number of hydrogen-bond donors (Lipinski definition) is 1. The van der Waals surface area contributed by atoms with Gasteiger partial charge in [0.2, 0.25) is 11.6 Å². The highest BCUT2D eigenvalue weighted by Gasteiger charge is 2.60. The second kappa shape index (κ2) is 8.09. The monoisotopic (exact) mass is 441 g/mol. The largest absolute Gasteiger partial charge is 0.497 e. The maximum absolute atomic E-state index is 13.9. The van der Waals surface area contributed by atoms with E-state index in [4.69, 9.17) is 4.74 Å². The van der Waals surface area contributed by atoms with Crippen LogP contribution in [0.15, 0.2) is 78.9 Å². The molecular weight excluding hydrogens is 418 g/mol. The minimum atomic E-state index is -1.46. The number of anilines is 2. The number of carbonyl (C=O) groups excluding carboxylic acids is 3. The SMILES string of the molecule is COc1ccc(NC(=O)[C@@]23CCC(=O)N2c2ccccc2C(=O)N3Cc2ccccc2)cc1. The van der Waals surface area contributed by atoms with E-state index in [2.05, 4.69) is 5.32 Å². The first-order valence-corrected chi connectivity index (χ1v) is 10.8. The van der Waals surface area contributed by atoms with Crippen LogP contribution in [-0.4, -0.2) is 35.4 Å². The summed E-state index contributed by atoms with van der Waals surface area (Å²) in [6.07, 6.45) is 0.379. The molecule has 7 nitrogen and oxygen atoms in total. The Bertz CT molecular complexity index is 1230. The van der Waals surface area contributed by atoms with E-state index >= 15 is 0 Å². The van der Waals surface area contributed by atoms with Crippen molar-refractivity contribution in [1.82, 2.24) is 4.90 Å². The van der Waals surface area contributed by atoms with Crippen LogP contribution in [0, 0.1) is 0 Å². The quantitative estimate of drug-likeness (QED) is 0.653. The van der Waals surface area contributed by atoms with Gasteiger partial charge >= 0.3 is 0 Å². The standard InChI is InChI=1S/C26H23N3O4/c1-33-20-13-11-19(12-14-20)27-25(32)26-16-15-23(30)29(26)22-10-6-5-9-21(22)24(31)28(26)17-18-7-3-2-4-8-18/h2-14H,15-17H2,1H3,(H,27,32)/t26-/m1/s1. The Kier molecular flexibility index (Phi) is 5.09. The van der Waals surface area contributed by atoms with Crippen molar-refractivity contribution in [3.8, 4) is 5.75 Å². The number of para-hydroxylation sites is 1. The van der Waals surface area contributed by atoms with Gasteiger partial charge < -0.3 is 15.0 Å². The van der Waals surface area contributed by atoms with Gasteiger partial charge in [-0.25, -0.2) is 0 Å². The highest BCUT2D eigenvalue weighted by atomic mass is 16.5. The van der Waals surface area contributed by atoms with E-state index in [1.165, 1.54) is 9.80 Å². The number of rotatable bonds is 5. The minimum absolute atomic E-state index is 0.170. The molecule has 7 heteroatoms.